The molecule has 0 spiro atoms. The summed E-state index contributed by atoms with van der Waals surface area (Å²) in [7, 11) is 0. The lowest BCUT2D eigenvalue weighted by Crippen LogP contribution is -2.37. The first-order valence-corrected chi connectivity index (χ1v) is 9.59. The predicted octanol–water partition coefficient (Wildman–Crippen LogP) is 4.09. The number of aromatic carboxylic acids is 1. The van der Waals surface area contributed by atoms with E-state index in [0.717, 1.165) is 16.9 Å². The van der Waals surface area contributed by atoms with Gasteiger partial charge in [0.25, 0.3) is 5.91 Å². The topological polar surface area (TPSA) is 88.5 Å². The SMILES string of the molecule is Cc1nc(C(C)NC(=O)C(C)Oc2cccc(C(C)(C)C)c2)sc1C(=O)O. The van der Waals surface area contributed by atoms with Gasteiger partial charge in [-0.3, -0.25) is 4.79 Å². The van der Waals surface area contributed by atoms with Crippen LogP contribution in [-0.4, -0.2) is 28.1 Å². The van der Waals surface area contributed by atoms with Crippen LogP contribution in [-0.2, 0) is 10.2 Å². The number of ether oxygens (including phenoxy) is 1. The lowest BCUT2D eigenvalue weighted by atomic mass is 9.87. The largest absolute Gasteiger partial charge is 0.481 e. The summed E-state index contributed by atoms with van der Waals surface area (Å²) >= 11 is 1.07. The van der Waals surface area contributed by atoms with Gasteiger partial charge < -0.3 is 15.2 Å². The Kier molecular flexibility index (Phi) is 6.26. The summed E-state index contributed by atoms with van der Waals surface area (Å²) in [6, 6.07) is 7.31. The number of rotatable bonds is 6. The number of carboxylic acids is 1. The number of carboxylic acid groups (broad SMARTS) is 1. The summed E-state index contributed by atoms with van der Waals surface area (Å²) in [5, 5.41) is 12.5. The van der Waals surface area contributed by atoms with Crippen molar-refractivity contribution < 1.29 is 19.4 Å². The summed E-state index contributed by atoms with van der Waals surface area (Å²) in [5.41, 5.74) is 1.57. The highest BCUT2D eigenvalue weighted by molar-refractivity contribution is 7.13. The van der Waals surface area contributed by atoms with Gasteiger partial charge in [-0.25, -0.2) is 9.78 Å². The Bertz CT molecular complexity index is 839. The van der Waals surface area contributed by atoms with Crippen molar-refractivity contribution in [1.82, 2.24) is 10.3 Å². The van der Waals surface area contributed by atoms with Crippen molar-refractivity contribution in [2.75, 3.05) is 0 Å². The number of nitrogens with zero attached hydrogens (tertiary/aromatic N) is 1. The molecule has 0 aliphatic carbocycles. The number of aromatic nitrogens is 1. The van der Waals surface area contributed by atoms with Gasteiger partial charge in [-0.15, -0.1) is 11.3 Å². The van der Waals surface area contributed by atoms with Gasteiger partial charge in [0, 0.05) is 0 Å². The fourth-order valence-corrected chi connectivity index (χ4v) is 3.40. The molecular formula is C20H26N2O4S. The van der Waals surface area contributed by atoms with Gasteiger partial charge in [-0.05, 0) is 43.9 Å². The van der Waals surface area contributed by atoms with E-state index in [1.165, 1.54) is 0 Å². The van der Waals surface area contributed by atoms with E-state index in [0.29, 0.717) is 16.5 Å². The molecule has 0 aliphatic heterocycles. The number of thiazole rings is 1. The average molecular weight is 391 g/mol. The molecule has 6 nitrogen and oxygen atoms in total. The third kappa shape index (κ3) is 5.29. The summed E-state index contributed by atoms with van der Waals surface area (Å²) in [6.07, 6.45) is -0.692. The first-order chi connectivity index (χ1) is 12.5. The minimum Gasteiger partial charge on any atom is -0.481 e. The molecule has 0 aliphatic rings. The standard InChI is InChI=1S/C20H26N2O4S/c1-11-16(19(24)25)27-18(22-11)12(2)21-17(23)13(3)26-15-9-7-8-14(10-15)20(4,5)6/h7-10,12-13H,1-6H3,(H,21,23)(H,24,25). The highest BCUT2D eigenvalue weighted by Crippen LogP contribution is 2.26. The van der Waals surface area contributed by atoms with Crippen LogP contribution in [0.25, 0.3) is 0 Å². The molecule has 0 radical (unpaired) electrons. The van der Waals surface area contributed by atoms with Crippen molar-refractivity contribution in [3.8, 4) is 5.75 Å². The van der Waals surface area contributed by atoms with E-state index in [9.17, 15) is 9.59 Å². The molecule has 0 saturated carbocycles. The minimum atomic E-state index is -1.01. The molecule has 1 amide bonds. The van der Waals surface area contributed by atoms with Gasteiger partial charge in [0.15, 0.2) is 6.10 Å². The first-order valence-electron chi connectivity index (χ1n) is 8.77. The predicted molar refractivity (Wildman–Crippen MR) is 106 cm³/mol. The Hall–Kier alpha value is -2.41. The van der Waals surface area contributed by atoms with Crippen LogP contribution in [0.4, 0.5) is 0 Å². The van der Waals surface area contributed by atoms with Crippen molar-refractivity contribution in [1.29, 1.82) is 0 Å². The zero-order chi connectivity index (χ0) is 20.4. The van der Waals surface area contributed by atoms with Crippen LogP contribution in [0.1, 0.15) is 66.6 Å². The maximum Gasteiger partial charge on any atom is 0.347 e. The Balaban J connectivity index is 2.03. The van der Waals surface area contributed by atoms with E-state index in [1.807, 2.05) is 24.3 Å². The maximum atomic E-state index is 12.5. The van der Waals surface area contributed by atoms with Crippen LogP contribution in [0.2, 0.25) is 0 Å². The number of amides is 1. The summed E-state index contributed by atoms with van der Waals surface area (Å²) in [6.45, 7) is 11.4. The lowest BCUT2D eigenvalue weighted by molar-refractivity contribution is -0.127. The van der Waals surface area contributed by atoms with Crippen LogP contribution >= 0.6 is 11.3 Å². The van der Waals surface area contributed by atoms with Crippen LogP contribution in [0.15, 0.2) is 24.3 Å². The molecule has 146 valence electrons. The second kappa shape index (κ2) is 8.08. The summed E-state index contributed by atoms with van der Waals surface area (Å²) in [4.78, 5) is 28.1. The molecule has 2 unspecified atom stereocenters. The molecule has 1 aromatic heterocycles. The third-order valence-electron chi connectivity index (χ3n) is 4.12. The number of hydrogen-bond acceptors (Lipinski definition) is 5. The molecule has 2 atom stereocenters. The van der Waals surface area contributed by atoms with Crippen LogP contribution in [0.5, 0.6) is 5.75 Å². The number of carbonyl (C=O) groups excluding carboxylic acids is 1. The van der Waals surface area contributed by atoms with E-state index in [2.05, 4.69) is 31.1 Å². The number of hydrogen-bond donors (Lipinski definition) is 2. The molecule has 2 aromatic rings. The van der Waals surface area contributed by atoms with Gasteiger partial charge in [0.05, 0.1) is 11.7 Å². The average Bonchev–Trinajstić information content (AvgIpc) is 2.96. The zero-order valence-corrected chi connectivity index (χ0v) is 17.3. The zero-order valence-electron chi connectivity index (χ0n) is 16.5. The van der Waals surface area contributed by atoms with Gasteiger partial charge in [-0.2, -0.15) is 0 Å². The Labute approximate surface area is 163 Å². The second-order valence-electron chi connectivity index (χ2n) is 7.54. The lowest BCUT2D eigenvalue weighted by Gasteiger charge is -2.21. The number of benzene rings is 1. The summed E-state index contributed by atoms with van der Waals surface area (Å²) < 4.78 is 5.79. The van der Waals surface area contributed by atoms with Crippen molar-refractivity contribution in [3.63, 3.8) is 0 Å². The molecule has 0 fully saturated rings. The van der Waals surface area contributed by atoms with Crippen molar-refractivity contribution in [2.24, 2.45) is 0 Å². The minimum absolute atomic E-state index is 0.00999. The molecule has 27 heavy (non-hydrogen) atoms. The van der Waals surface area contributed by atoms with Gasteiger partial charge in [0.1, 0.15) is 15.6 Å². The molecule has 2 rings (SSSR count). The van der Waals surface area contributed by atoms with Crippen molar-refractivity contribution in [2.45, 2.75) is 59.1 Å². The van der Waals surface area contributed by atoms with E-state index in [4.69, 9.17) is 9.84 Å². The number of nitrogens with one attached hydrogen (secondary N) is 1. The third-order valence-corrected chi connectivity index (χ3v) is 5.45. The molecule has 1 heterocycles. The fraction of sp³-hybridized carbons (Fsp3) is 0.450. The molecule has 2 N–H and O–H groups in total. The Morgan fingerprint density at radius 3 is 2.48 bits per heavy atom. The number of carbonyl (C=O) groups is 2. The normalized spacial score (nSPS) is 13.7. The molecule has 0 bridgehead atoms. The van der Waals surface area contributed by atoms with Gasteiger partial charge in [-0.1, -0.05) is 32.9 Å². The Morgan fingerprint density at radius 2 is 1.93 bits per heavy atom. The van der Waals surface area contributed by atoms with Gasteiger partial charge >= 0.3 is 5.97 Å². The van der Waals surface area contributed by atoms with Crippen molar-refractivity contribution >= 4 is 23.2 Å². The molecular weight excluding hydrogens is 364 g/mol. The first kappa shape index (κ1) is 20.9. The Morgan fingerprint density at radius 1 is 1.26 bits per heavy atom. The van der Waals surface area contributed by atoms with E-state index >= 15 is 0 Å². The highest BCUT2D eigenvalue weighted by atomic mass is 32.1. The highest BCUT2D eigenvalue weighted by Gasteiger charge is 2.22. The maximum absolute atomic E-state index is 12.5. The van der Waals surface area contributed by atoms with Crippen LogP contribution < -0.4 is 10.1 Å². The molecule has 1 aromatic carbocycles. The summed E-state index contributed by atoms with van der Waals surface area (Å²) in [5.74, 6) is -0.658. The van der Waals surface area contributed by atoms with E-state index in [1.54, 1.807) is 20.8 Å². The van der Waals surface area contributed by atoms with Gasteiger partial charge in [0.2, 0.25) is 0 Å². The smallest absolute Gasteiger partial charge is 0.347 e. The van der Waals surface area contributed by atoms with Crippen molar-refractivity contribution in [3.05, 3.63) is 45.4 Å². The van der Waals surface area contributed by atoms with Crippen LogP contribution in [0, 0.1) is 6.92 Å². The molecule has 0 saturated heterocycles. The monoisotopic (exact) mass is 390 g/mol. The van der Waals surface area contributed by atoms with Crippen LogP contribution in [0.3, 0.4) is 0 Å². The second-order valence-corrected chi connectivity index (χ2v) is 8.57. The number of aryl methyl sites for hydroxylation is 1. The van der Waals surface area contributed by atoms with E-state index < -0.39 is 18.1 Å². The van der Waals surface area contributed by atoms with E-state index in [-0.39, 0.29) is 16.2 Å². The molecule has 7 heteroatoms. The fourth-order valence-electron chi connectivity index (χ4n) is 2.49. The quantitative estimate of drug-likeness (QED) is 0.775.